The van der Waals surface area contributed by atoms with Gasteiger partial charge in [0, 0.05) is 59.2 Å². The number of nitrogens with one attached hydrogen (secondary N) is 1. The zero-order valence-corrected chi connectivity index (χ0v) is 58.9. The molecule has 8 atom stereocenters. The Bertz CT molecular complexity index is 4840. The zero-order valence-electron chi connectivity index (χ0n) is 58.9. The van der Waals surface area contributed by atoms with E-state index in [-0.39, 0.29) is 110 Å². The van der Waals surface area contributed by atoms with Crippen LogP contribution in [0.4, 0.5) is 0 Å². The van der Waals surface area contributed by atoms with Crippen LogP contribution in [0.15, 0.2) is 118 Å². The van der Waals surface area contributed by atoms with Crippen molar-refractivity contribution in [1.29, 1.82) is 15.8 Å². The number of hydrogen-bond donors (Lipinski definition) is 4. The van der Waals surface area contributed by atoms with E-state index in [2.05, 4.69) is 60.8 Å². The lowest BCUT2D eigenvalue weighted by Crippen LogP contribution is -2.43. The number of nitrogens with zero attached hydrogens (tertiary/aromatic N) is 12. The van der Waals surface area contributed by atoms with Gasteiger partial charge in [0.2, 0.25) is 29.4 Å². The number of H-pyrrole nitrogens is 1. The maximum atomic E-state index is 12.9. The number of aliphatic hydroxyl groups excluding tert-OH is 3. The lowest BCUT2D eigenvalue weighted by atomic mass is 9.97. The minimum Gasteiger partial charge on any atom is -0.490 e. The Labute approximate surface area is 596 Å². The van der Waals surface area contributed by atoms with E-state index in [9.17, 15) is 45.5 Å². The van der Waals surface area contributed by atoms with Crippen molar-refractivity contribution in [2.45, 2.75) is 149 Å². The number of β-amino-alcohol motifs (C(OH)–C–C–N with tert-alkyl or cyclic N) is 1. The standard InChI is InChI=1S/C28H30N4O4.C26H26N4O4.C25H25N5O3/c1-15(2)23(14-33)32-25(34)12-18-11-22-20(26(18)32)6-5-7-21(22)27-30-28(36-31-27)17-8-9-24(35-16(3)4)19(10-17)13-29;1-14(2)33-22-8-7-16(9-18(22)12-27)26-28-25(29-34-26)20-6-4-5-19-21(20)10-17-11-23(32)30(24(17)19)15(3)13-31;1-14(2)33-21-7-6-15(10-17(21)13-26)24-27-25(29-28-24)19-5-3-4-18-20(19)11-16-12-22(32)30(8-9-31)23(16)18/h5-10,15-16,18,23,26,33H,11-12,14H2,1-4H3;4-9,14-15,17,24,31H,10-11,13H2,1-3H3;3-7,10,14,16,23,31H,8-9,11-12H2,1-2H3,(H,27,28,29). The van der Waals surface area contributed by atoms with Gasteiger partial charge in [0.1, 0.15) is 35.5 Å². The molecule has 3 aromatic heterocycles. The first-order chi connectivity index (χ1) is 49.7. The van der Waals surface area contributed by atoms with Gasteiger partial charge in [-0.1, -0.05) is 78.8 Å². The molecule has 103 heavy (non-hydrogen) atoms. The third-order valence-corrected chi connectivity index (χ3v) is 20.1. The lowest BCUT2D eigenvalue weighted by molar-refractivity contribution is -0.133. The average Bonchev–Trinajstić information content (AvgIpc) is 1.60. The topological polar surface area (TPSA) is 340 Å². The number of amides is 3. The number of hydrogen-bond acceptors (Lipinski definition) is 20. The van der Waals surface area contributed by atoms with Gasteiger partial charge in [0.25, 0.3) is 11.8 Å². The first-order valence-electron chi connectivity index (χ1n) is 35.1. The number of nitriles is 3. The molecule has 3 fully saturated rings. The van der Waals surface area contributed by atoms with Crippen molar-refractivity contribution in [3.8, 4) is 104 Å². The van der Waals surface area contributed by atoms with Crippen LogP contribution in [0.2, 0.25) is 0 Å². The quantitative estimate of drug-likeness (QED) is 0.0584. The number of benzene rings is 6. The highest BCUT2D eigenvalue weighted by Crippen LogP contribution is 2.53. The molecule has 3 aliphatic carbocycles. The van der Waals surface area contributed by atoms with Crippen LogP contribution in [0, 0.1) is 57.7 Å². The summed E-state index contributed by atoms with van der Waals surface area (Å²) in [4.78, 5) is 57.4. The summed E-state index contributed by atoms with van der Waals surface area (Å²) in [6, 6.07) is 39.9. The largest absolute Gasteiger partial charge is 0.490 e. The van der Waals surface area contributed by atoms with E-state index in [1.807, 2.05) is 121 Å². The maximum Gasteiger partial charge on any atom is 0.258 e. The molecule has 0 radical (unpaired) electrons. The molecular formula is C79H81N13O11. The minimum absolute atomic E-state index is 0.00804. The molecular weight excluding hydrogens is 1310 g/mol. The van der Waals surface area contributed by atoms with Gasteiger partial charge in [-0.05, 0) is 179 Å². The summed E-state index contributed by atoms with van der Waals surface area (Å²) < 4.78 is 28.3. The fraction of sp³-hybridized carbons (Fsp3) is 0.392. The van der Waals surface area contributed by atoms with E-state index in [0.29, 0.717) is 106 Å². The van der Waals surface area contributed by atoms with E-state index in [1.165, 1.54) is 5.56 Å². The van der Waals surface area contributed by atoms with Crippen LogP contribution in [0.25, 0.3) is 68.5 Å². The summed E-state index contributed by atoms with van der Waals surface area (Å²) >= 11 is 0. The number of aromatic nitrogens is 7. The van der Waals surface area contributed by atoms with E-state index >= 15 is 0 Å². The fourth-order valence-corrected chi connectivity index (χ4v) is 15.8. The average molecular weight is 1390 g/mol. The Hall–Kier alpha value is -11.1. The Morgan fingerprint density at radius 3 is 1.39 bits per heavy atom. The molecule has 0 saturated carbocycles. The normalized spacial score (nSPS) is 19.4. The first kappa shape index (κ1) is 70.3. The van der Waals surface area contributed by atoms with Crippen LogP contribution in [0.1, 0.15) is 150 Å². The van der Waals surface area contributed by atoms with Crippen LogP contribution >= 0.6 is 0 Å². The summed E-state index contributed by atoms with van der Waals surface area (Å²) in [7, 11) is 0. The van der Waals surface area contributed by atoms with Crippen LogP contribution < -0.4 is 14.2 Å². The number of fused-ring (bicyclic) bond motifs is 9. The predicted molar refractivity (Wildman–Crippen MR) is 377 cm³/mol. The second kappa shape index (κ2) is 29.5. The number of carbonyl (C=O) groups excluding carboxylic acids is 3. The van der Waals surface area contributed by atoms with Gasteiger partial charge < -0.3 is 53.3 Å². The molecule has 24 nitrogen and oxygen atoms in total. The SMILES string of the molecule is CC(C)Oc1ccc(-c2n[nH]c(-c3cccc4c3CC3CC(=O)N(CCO)C43)n2)cc1C#N.CC(C)Oc1ccc(-c2nc(-c3cccc4c3CC3CC(=O)N(C(C)CO)C43)no2)cc1C#N.CC(C)Oc1ccc(-c2nc(-c3cccc4c3CC3CC(=O)N(C(CO)C(C)C)C43)no2)cc1C#N. The van der Waals surface area contributed by atoms with E-state index in [0.717, 1.165) is 69.3 Å². The number of aliphatic hydroxyl groups is 3. The molecule has 24 heteroatoms. The summed E-state index contributed by atoms with van der Waals surface area (Å²) in [6.45, 7) is 17.6. The van der Waals surface area contributed by atoms with Gasteiger partial charge in [0.15, 0.2) is 11.6 Å². The van der Waals surface area contributed by atoms with Crippen LogP contribution in [0.3, 0.4) is 0 Å². The molecule has 3 aliphatic heterocycles. The number of aromatic amines is 1. The second-order valence-corrected chi connectivity index (χ2v) is 28.2. The van der Waals surface area contributed by atoms with Crippen molar-refractivity contribution in [3.63, 3.8) is 0 Å². The smallest absolute Gasteiger partial charge is 0.258 e. The lowest BCUT2D eigenvalue weighted by Gasteiger charge is -2.35. The Balaban J connectivity index is 0.000000138. The molecule has 4 N–H and O–H groups in total. The van der Waals surface area contributed by atoms with E-state index < -0.39 is 0 Å². The molecule has 0 bridgehead atoms. The number of likely N-dealkylation sites (tertiary alicyclic amines) is 3. The number of ether oxygens (including phenoxy) is 3. The van der Waals surface area contributed by atoms with Gasteiger partial charge in [-0.15, -0.1) is 0 Å². The highest BCUT2D eigenvalue weighted by Gasteiger charge is 2.51. The van der Waals surface area contributed by atoms with Crippen LogP contribution in [0.5, 0.6) is 17.2 Å². The predicted octanol–water partition coefficient (Wildman–Crippen LogP) is 11.6. The third-order valence-electron chi connectivity index (χ3n) is 20.1. The number of rotatable bonds is 19. The molecule has 3 amide bonds. The van der Waals surface area contributed by atoms with Crippen molar-refractivity contribution >= 4 is 17.7 Å². The fourth-order valence-electron chi connectivity index (χ4n) is 15.8. The molecule has 6 heterocycles. The molecule has 0 spiro atoms. The zero-order chi connectivity index (χ0) is 72.7. The Morgan fingerprint density at radius 2 is 0.932 bits per heavy atom. The molecule has 8 unspecified atom stereocenters. The highest BCUT2D eigenvalue weighted by molar-refractivity contribution is 5.84. The van der Waals surface area contributed by atoms with Gasteiger partial charge in [-0.25, -0.2) is 4.98 Å². The van der Waals surface area contributed by atoms with Gasteiger partial charge in [0.05, 0.1) is 85.0 Å². The van der Waals surface area contributed by atoms with E-state index in [1.54, 1.807) is 53.4 Å². The first-order valence-corrected chi connectivity index (χ1v) is 35.1. The summed E-state index contributed by atoms with van der Waals surface area (Å²) in [5, 5.41) is 73.6. The molecule has 3 saturated heterocycles. The second-order valence-electron chi connectivity index (χ2n) is 28.2. The van der Waals surface area contributed by atoms with Crippen molar-refractivity contribution < 1.29 is 53.0 Å². The van der Waals surface area contributed by atoms with Gasteiger partial charge >= 0.3 is 0 Å². The monoisotopic (exact) mass is 1390 g/mol. The molecule has 528 valence electrons. The highest BCUT2D eigenvalue weighted by atomic mass is 16.5. The third kappa shape index (κ3) is 13.6. The van der Waals surface area contributed by atoms with Gasteiger partial charge in [-0.3, -0.25) is 19.5 Å². The van der Waals surface area contributed by atoms with Crippen molar-refractivity contribution in [3.05, 3.63) is 159 Å². The minimum atomic E-state index is -0.231. The maximum absolute atomic E-state index is 12.9. The number of carbonyl (C=O) groups is 3. The van der Waals surface area contributed by atoms with Crippen molar-refractivity contribution in [2.75, 3.05) is 26.4 Å². The molecule has 15 rings (SSSR count). The summed E-state index contributed by atoms with van der Waals surface area (Å²) in [6.07, 6.45) is 3.63. The van der Waals surface area contributed by atoms with Gasteiger partial charge in [-0.2, -0.15) is 30.9 Å². The van der Waals surface area contributed by atoms with Crippen LogP contribution in [-0.4, -0.2) is 140 Å². The van der Waals surface area contributed by atoms with Crippen molar-refractivity contribution in [2.24, 2.45) is 23.7 Å². The molecule has 9 aromatic rings. The Kier molecular flexibility index (Phi) is 20.1. The molecule has 6 aromatic carbocycles. The van der Waals surface area contributed by atoms with E-state index in [4.69, 9.17) is 28.2 Å². The van der Waals surface area contributed by atoms with Crippen molar-refractivity contribution in [1.82, 2.24) is 50.2 Å². The summed E-state index contributed by atoms with van der Waals surface area (Å²) in [5.41, 5.74) is 12.7. The Morgan fingerprint density at radius 1 is 0.505 bits per heavy atom. The molecule has 6 aliphatic rings. The van der Waals surface area contributed by atoms with Crippen LogP contribution in [-0.2, 0) is 33.6 Å². The summed E-state index contributed by atoms with van der Waals surface area (Å²) in [5.74, 6) is 5.35.